The van der Waals surface area contributed by atoms with Gasteiger partial charge < -0.3 is 5.73 Å². The second-order valence-corrected chi connectivity index (χ2v) is 6.33. The molecule has 0 spiro atoms. The SMILES string of the molecule is Cc1nnc(-n2cc(S(C)(=O)=O)cn2)c(CN)c1C. The minimum Gasteiger partial charge on any atom is -0.326 e. The van der Waals surface area contributed by atoms with E-state index >= 15 is 0 Å². The molecule has 0 saturated carbocycles. The van der Waals surface area contributed by atoms with Crippen LogP contribution in [0.25, 0.3) is 5.82 Å². The average molecular weight is 281 g/mol. The zero-order valence-electron chi connectivity index (χ0n) is 11.0. The van der Waals surface area contributed by atoms with Gasteiger partial charge in [0.1, 0.15) is 4.90 Å². The molecule has 2 aromatic rings. The molecule has 0 bridgehead atoms. The van der Waals surface area contributed by atoms with Crippen molar-refractivity contribution in [2.45, 2.75) is 25.3 Å². The summed E-state index contributed by atoms with van der Waals surface area (Å²) in [6.07, 6.45) is 3.82. The fourth-order valence-electron chi connectivity index (χ4n) is 1.69. The number of nitrogens with zero attached hydrogens (tertiary/aromatic N) is 4. The molecule has 0 radical (unpaired) electrons. The number of hydrogen-bond donors (Lipinski definition) is 1. The summed E-state index contributed by atoms with van der Waals surface area (Å²) in [5.74, 6) is 0.459. The second kappa shape index (κ2) is 4.71. The van der Waals surface area contributed by atoms with Gasteiger partial charge in [-0.05, 0) is 19.4 Å². The van der Waals surface area contributed by atoms with E-state index in [4.69, 9.17) is 5.73 Å². The normalized spacial score (nSPS) is 11.8. The minimum atomic E-state index is -3.29. The molecule has 7 nitrogen and oxygen atoms in total. The largest absolute Gasteiger partial charge is 0.326 e. The van der Waals surface area contributed by atoms with Crippen molar-refractivity contribution < 1.29 is 8.42 Å². The van der Waals surface area contributed by atoms with Crippen LogP contribution in [0.15, 0.2) is 17.3 Å². The molecule has 0 aliphatic carbocycles. The van der Waals surface area contributed by atoms with Gasteiger partial charge >= 0.3 is 0 Å². The minimum absolute atomic E-state index is 0.135. The van der Waals surface area contributed by atoms with Gasteiger partial charge in [-0.25, -0.2) is 13.1 Å². The van der Waals surface area contributed by atoms with E-state index < -0.39 is 9.84 Å². The van der Waals surface area contributed by atoms with Crippen LogP contribution < -0.4 is 5.73 Å². The Hall–Kier alpha value is -1.80. The zero-order valence-corrected chi connectivity index (χ0v) is 11.8. The summed E-state index contributed by atoms with van der Waals surface area (Å²) >= 11 is 0. The second-order valence-electron chi connectivity index (χ2n) is 4.31. The molecule has 0 fully saturated rings. The van der Waals surface area contributed by atoms with Crippen LogP contribution >= 0.6 is 0 Å². The predicted molar refractivity (Wildman–Crippen MR) is 69.6 cm³/mol. The first-order valence-corrected chi connectivity index (χ1v) is 7.51. The lowest BCUT2D eigenvalue weighted by molar-refractivity contribution is 0.602. The summed E-state index contributed by atoms with van der Waals surface area (Å²) < 4.78 is 24.3. The van der Waals surface area contributed by atoms with Crippen molar-refractivity contribution in [3.63, 3.8) is 0 Å². The molecule has 0 aromatic carbocycles. The highest BCUT2D eigenvalue weighted by atomic mass is 32.2. The summed E-state index contributed by atoms with van der Waals surface area (Å²) in [5, 5.41) is 12.1. The van der Waals surface area contributed by atoms with Gasteiger partial charge in [-0.2, -0.15) is 10.2 Å². The molecule has 2 aromatic heterocycles. The third-order valence-corrected chi connectivity index (χ3v) is 4.04. The first-order chi connectivity index (χ1) is 8.84. The molecule has 2 heterocycles. The molecule has 0 aliphatic heterocycles. The molecule has 0 amide bonds. The van der Waals surface area contributed by atoms with Crippen LogP contribution in [0.1, 0.15) is 16.8 Å². The van der Waals surface area contributed by atoms with E-state index in [1.165, 1.54) is 17.1 Å². The summed E-state index contributed by atoms with van der Waals surface area (Å²) in [5.41, 5.74) is 8.25. The highest BCUT2D eigenvalue weighted by Crippen LogP contribution is 2.18. The number of hydrogen-bond acceptors (Lipinski definition) is 6. The van der Waals surface area contributed by atoms with E-state index in [0.29, 0.717) is 5.82 Å². The third-order valence-electron chi connectivity index (χ3n) is 2.97. The fraction of sp³-hybridized carbons (Fsp3) is 0.364. The quantitative estimate of drug-likeness (QED) is 0.858. The van der Waals surface area contributed by atoms with Crippen LogP contribution in [0.2, 0.25) is 0 Å². The summed E-state index contributed by atoms with van der Waals surface area (Å²) in [7, 11) is -3.29. The van der Waals surface area contributed by atoms with Gasteiger partial charge in [-0.3, -0.25) is 0 Å². The zero-order chi connectivity index (χ0) is 14.2. The summed E-state index contributed by atoms with van der Waals surface area (Å²) in [6, 6.07) is 0. The monoisotopic (exact) mass is 281 g/mol. The van der Waals surface area contributed by atoms with Gasteiger partial charge in [0, 0.05) is 18.4 Å². The maximum atomic E-state index is 11.4. The van der Waals surface area contributed by atoms with Gasteiger partial charge in [0.2, 0.25) is 0 Å². The Morgan fingerprint density at radius 2 is 2.00 bits per heavy atom. The molecule has 2 rings (SSSR count). The molecule has 8 heteroatoms. The van der Waals surface area contributed by atoms with Crippen molar-refractivity contribution in [3.05, 3.63) is 29.2 Å². The lowest BCUT2D eigenvalue weighted by atomic mass is 10.1. The highest BCUT2D eigenvalue weighted by Gasteiger charge is 2.15. The maximum absolute atomic E-state index is 11.4. The van der Waals surface area contributed by atoms with Crippen LogP contribution in [0.4, 0.5) is 0 Å². The molecule has 102 valence electrons. The Labute approximate surface area is 111 Å². The molecular weight excluding hydrogens is 266 g/mol. The molecule has 2 N–H and O–H groups in total. The Morgan fingerprint density at radius 3 is 2.53 bits per heavy atom. The Morgan fingerprint density at radius 1 is 1.32 bits per heavy atom. The van der Waals surface area contributed by atoms with Crippen molar-refractivity contribution in [1.29, 1.82) is 0 Å². The van der Waals surface area contributed by atoms with Gasteiger partial charge in [-0.15, -0.1) is 5.10 Å². The highest BCUT2D eigenvalue weighted by molar-refractivity contribution is 7.90. The van der Waals surface area contributed by atoms with Crippen molar-refractivity contribution >= 4 is 9.84 Å². The smallest absolute Gasteiger partial charge is 0.180 e. The average Bonchev–Trinajstić information content (AvgIpc) is 2.81. The molecule has 19 heavy (non-hydrogen) atoms. The van der Waals surface area contributed by atoms with E-state index in [-0.39, 0.29) is 11.4 Å². The van der Waals surface area contributed by atoms with Crippen LogP contribution in [0.5, 0.6) is 0 Å². The van der Waals surface area contributed by atoms with Crippen molar-refractivity contribution in [2.75, 3.05) is 6.26 Å². The third kappa shape index (κ3) is 2.49. The molecule has 0 atom stereocenters. The fourth-order valence-corrected chi connectivity index (χ4v) is 2.22. The van der Waals surface area contributed by atoms with E-state index in [1.54, 1.807) is 0 Å². The molecular formula is C11H15N5O2S. The van der Waals surface area contributed by atoms with E-state index in [9.17, 15) is 8.42 Å². The Kier molecular flexibility index (Phi) is 3.38. The molecule has 0 aliphatic rings. The van der Waals surface area contributed by atoms with Crippen molar-refractivity contribution in [1.82, 2.24) is 20.0 Å². The number of nitrogens with two attached hydrogens (primary N) is 1. The lowest BCUT2D eigenvalue weighted by Crippen LogP contribution is -2.12. The topological polar surface area (TPSA) is 104 Å². The van der Waals surface area contributed by atoms with Gasteiger partial charge in [0.25, 0.3) is 0 Å². The standard InChI is InChI=1S/C11H15N5O2S/c1-7-8(2)14-15-11(10(7)4-12)16-6-9(5-13-16)19(3,17)18/h5-6H,4,12H2,1-3H3. The number of aryl methyl sites for hydroxylation is 1. The van der Waals surface area contributed by atoms with Gasteiger partial charge in [-0.1, -0.05) is 0 Å². The van der Waals surface area contributed by atoms with Crippen LogP contribution in [0, 0.1) is 13.8 Å². The van der Waals surface area contributed by atoms with E-state index in [0.717, 1.165) is 23.1 Å². The molecule has 0 unspecified atom stereocenters. The number of rotatable bonds is 3. The summed E-state index contributed by atoms with van der Waals surface area (Å²) in [6.45, 7) is 4.03. The van der Waals surface area contributed by atoms with Crippen LogP contribution in [0.3, 0.4) is 0 Å². The Bertz CT molecular complexity index is 721. The van der Waals surface area contributed by atoms with E-state index in [1.807, 2.05) is 13.8 Å². The molecule has 0 saturated heterocycles. The Balaban J connectivity index is 2.60. The van der Waals surface area contributed by atoms with Crippen molar-refractivity contribution in [3.8, 4) is 5.82 Å². The maximum Gasteiger partial charge on any atom is 0.180 e. The lowest BCUT2D eigenvalue weighted by Gasteiger charge is -2.10. The van der Waals surface area contributed by atoms with Crippen molar-refractivity contribution in [2.24, 2.45) is 5.73 Å². The van der Waals surface area contributed by atoms with Crippen LogP contribution in [-0.4, -0.2) is 34.7 Å². The van der Waals surface area contributed by atoms with E-state index in [2.05, 4.69) is 15.3 Å². The van der Waals surface area contributed by atoms with Gasteiger partial charge in [0.15, 0.2) is 15.7 Å². The predicted octanol–water partition coefficient (Wildman–Crippen LogP) is 0.141. The number of sulfone groups is 1. The first kappa shape index (κ1) is 13.6. The summed E-state index contributed by atoms with van der Waals surface area (Å²) in [4.78, 5) is 0.135. The first-order valence-electron chi connectivity index (χ1n) is 5.62. The van der Waals surface area contributed by atoms with Gasteiger partial charge in [0.05, 0.1) is 18.1 Å². The van der Waals surface area contributed by atoms with Crippen LogP contribution in [-0.2, 0) is 16.4 Å². The number of aromatic nitrogens is 4.